The molecule has 4 N–H and O–H groups in total. The van der Waals surface area contributed by atoms with Crippen LogP contribution in [0.3, 0.4) is 0 Å². The second-order valence-corrected chi connectivity index (χ2v) is 3.30. The van der Waals surface area contributed by atoms with Gasteiger partial charge in [0.2, 0.25) is 5.91 Å². The smallest absolute Gasteiger partial charge is 0.250 e. The fraction of sp³-hybridized carbons (Fsp3) is 0.125. The Morgan fingerprint density at radius 2 is 2.31 bits per heavy atom. The number of halogens is 1. The molecular weight excluding hydrogens is 236 g/mol. The number of nitrogens with one attached hydrogen (secondary N) is 1. The molecule has 0 aliphatic heterocycles. The molecule has 0 radical (unpaired) electrons. The van der Waals surface area contributed by atoms with E-state index in [9.17, 15) is 4.79 Å². The van der Waals surface area contributed by atoms with E-state index in [2.05, 4.69) is 21.2 Å². The normalized spacial score (nSPS) is 9.69. The van der Waals surface area contributed by atoms with E-state index in [1.54, 1.807) is 18.2 Å². The molecule has 4 nitrogen and oxygen atoms in total. The quantitative estimate of drug-likeness (QED) is 0.679. The van der Waals surface area contributed by atoms with Crippen LogP contribution in [0.15, 0.2) is 22.7 Å². The minimum Gasteiger partial charge on any atom is -0.399 e. The lowest BCUT2D eigenvalue weighted by molar-refractivity contribution is -0.118. The maximum absolute atomic E-state index is 10.8. The van der Waals surface area contributed by atoms with Crippen molar-refractivity contribution >= 4 is 33.2 Å². The van der Waals surface area contributed by atoms with E-state index in [1.165, 1.54) is 0 Å². The number of carbonyl (C=O) groups excluding carboxylic acids is 1. The Hall–Kier alpha value is -1.07. The van der Waals surface area contributed by atoms with Crippen LogP contribution in [0.1, 0.15) is 0 Å². The van der Waals surface area contributed by atoms with Gasteiger partial charge < -0.3 is 16.2 Å². The van der Waals surface area contributed by atoms with Gasteiger partial charge in [-0.1, -0.05) is 0 Å². The highest BCUT2D eigenvalue weighted by molar-refractivity contribution is 9.10. The fourth-order valence-electron chi connectivity index (χ4n) is 0.822. The van der Waals surface area contributed by atoms with Crippen LogP contribution in [0, 0.1) is 0 Å². The van der Waals surface area contributed by atoms with Crippen molar-refractivity contribution in [2.75, 3.05) is 17.7 Å². The summed E-state index contributed by atoms with van der Waals surface area (Å²) in [6.45, 7) is -0.531. The van der Waals surface area contributed by atoms with Crippen molar-refractivity contribution in [3.8, 4) is 0 Å². The summed E-state index contributed by atoms with van der Waals surface area (Å²) in [5.74, 6) is -0.453. The maximum Gasteiger partial charge on any atom is 0.250 e. The van der Waals surface area contributed by atoms with Gasteiger partial charge in [-0.3, -0.25) is 4.79 Å². The molecule has 0 bridgehead atoms. The summed E-state index contributed by atoms with van der Waals surface area (Å²) in [5, 5.41) is 11.0. The average molecular weight is 245 g/mol. The number of hydrogen-bond donors (Lipinski definition) is 3. The average Bonchev–Trinajstić information content (AvgIpc) is 2.09. The highest BCUT2D eigenvalue weighted by Gasteiger charge is 2.03. The summed E-state index contributed by atoms with van der Waals surface area (Å²) in [7, 11) is 0. The molecule has 0 heterocycles. The minimum absolute atomic E-state index is 0.453. The molecule has 1 amide bonds. The highest BCUT2D eigenvalue weighted by atomic mass is 79.9. The molecular formula is C8H9BrN2O2. The predicted molar refractivity (Wildman–Crippen MR) is 54.3 cm³/mol. The molecule has 5 heteroatoms. The lowest BCUT2D eigenvalue weighted by Crippen LogP contribution is -2.15. The third kappa shape index (κ3) is 2.71. The number of benzene rings is 1. The number of nitrogens with two attached hydrogens (primary N) is 1. The predicted octanol–water partition coefficient (Wildman–Crippen LogP) is 0.962. The molecule has 0 saturated carbocycles. The van der Waals surface area contributed by atoms with Gasteiger partial charge in [0.25, 0.3) is 0 Å². The van der Waals surface area contributed by atoms with Gasteiger partial charge in [-0.15, -0.1) is 0 Å². The van der Waals surface area contributed by atoms with E-state index in [1.807, 2.05) is 0 Å². The maximum atomic E-state index is 10.8. The molecule has 0 unspecified atom stereocenters. The van der Waals surface area contributed by atoms with E-state index in [4.69, 9.17) is 10.8 Å². The Labute approximate surface area is 83.9 Å². The van der Waals surface area contributed by atoms with Crippen molar-refractivity contribution in [1.29, 1.82) is 0 Å². The van der Waals surface area contributed by atoms with E-state index in [0.717, 1.165) is 0 Å². The molecule has 0 fully saturated rings. The van der Waals surface area contributed by atoms with Crippen LogP contribution in [0.5, 0.6) is 0 Å². The molecule has 1 aromatic carbocycles. The van der Waals surface area contributed by atoms with Gasteiger partial charge in [-0.05, 0) is 34.1 Å². The monoisotopic (exact) mass is 244 g/mol. The fourth-order valence-corrected chi connectivity index (χ4v) is 1.32. The summed E-state index contributed by atoms with van der Waals surface area (Å²) in [6.07, 6.45) is 0. The van der Waals surface area contributed by atoms with E-state index in [-0.39, 0.29) is 0 Å². The van der Waals surface area contributed by atoms with Gasteiger partial charge in [0.15, 0.2) is 0 Å². The van der Waals surface area contributed by atoms with Crippen molar-refractivity contribution < 1.29 is 9.90 Å². The molecule has 13 heavy (non-hydrogen) atoms. The van der Waals surface area contributed by atoms with Crippen molar-refractivity contribution in [2.24, 2.45) is 0 Å². The Balaban J connectivity index is 2.83. The van der Waals surface area contributed by atoms with Gasteiger partial charge in [0.1, 0.15) is 6.61 Å². The molecule has 1 aromatic rings. The number of aliphatic hydroxyl groups is 1. The lowest BCUT2D eigenvalue weighted by atomic mass is 10.3. The van der Waals surface area contributed by atoms with Crippen LogP contribution in [-0.2, 0) is 4.79 Å². The molecule has 0 atom stereocenters. The third-order valence-corrected chi connectivity index (χ3v) is 2.07. The standard InChI is InChI=1S/C8H9BrN2O2/c9-6-3-5(10)1-2-7(6)11-8(13)4-12/h1-3,12H,4,10H2,(H,11,13). The van der Waals surface area contributed by atoms with Gasteiger partial charge in [-0.2, -0.15) is 0 Å². The second-order valence-electron chi connectivity index (χ2n) is 2.45. The Morgan fingerprint density at radius 1 is 1.62 bits per heavy atom. The van der Waals surface area contributed by atoms with Gasteiger partial charge in [0, 0.05) is 10.2 Å². The van der Waals surface area contributed by atoms with Crippen molar-refractivity contribution in [3.05, 3.63) is 22.7 Å². The van der Waals surface area contributed by atoms with Gasteiger partial charge >= 0.3 is 0 Å². The van der Waals surface area contributed by atoms with E-state index in [0.29, 0.717) is 15.8 Å². The van der Waals surface area contributed by atoms with Gasteiger partial charge in [0.05, 0.1) is 5.69 Å². The molecule has 0 saturated heterocycles. The zero-order valence-electron chi connectivity index (χ0n) is 6.75. The van der Waals surface area contributed by atoms with Crippen LogP contribution in [0.2, 0.25) is 0 Å². The largest absolute Gasteiger partial charge is 0.399 e. The molecule has 0 aliphatic rings. The minimum atomic E-state index is -0.531. The van der Waals surface area contributed by atoms with Crippen molar-refractivity contribution in [1.82, 2.24) is 0 Å². The first-order chi connectivity index (χ1) is 6.13. The van der Waals surface area contributed by atoms with E-state index < -0.39 is 12.5 Å². The SMILES string of the molecule is Nc1ccc(NC(=O)CO)c(Br)c1. The number of amides is 1. The first kappa shape index (κ1) is 10.0. The van der Waals surface area contributed by atoms with Gasteiger partial charge in [-0.25, -0.2) is 0 Å². The highest BCUT2D eigenvalue weighted by Crippen LogP contribution is 2.24. The molecule has 0 aliphatic carbocycles. The molecule has 1 rings (SSSR count). The molecule has 0 aromatic heterocycles. The summed E-state index contributed by atoms with van der Waals surface area (Å²) < 4.78 is 0.689. The summed E-state index contributed by atoms with van der Waals surface area (Å²) in [5.41, 5.74) is 6.70. The molecule has 0 spiro atoms. The number of carbonyl (C=O) groups is 1. The number of aliphatic hydroxyl groups excluding tert-OH is 1. The van der Waals surface area contributed by atoms with Crippen LogP contribution in [0.25, 0.3) is 0 Å². The lowest BCUT2D eigenvalue weighted by Gasteiger charge is -2.05. The summed E-state index contributed by atoms with van der Waals surface area (Å²) in [4.78, 5) is 10.8. The number of rotatable bonds is 2. The number of nitrogen functional groups attached to an aromatic ring is 1. The first-order valence-corrected chi connectivity index (χ1v) is 4.38. The summed E-state index contributed by atoms with van der Waals surface area (Å²) >= 11 is 3.23. The topological polar surface area (TPSA) is 75.3 Å². The second kappa shape index (κ2) is 4.25. The van der Waals surface area contributed by atoms with Crippen LogP contribution in [0.4, 0.5) is 11.4 Å². The van der Waals surface area contributed by atoms with Crippen LogP contribution >= 0.6 is 15.9 Å². The zero-order chi connectivity index (χ0) is 9.84. The summed E-state index contributed by atoms with van der Waals surface area (Å²) in [6, 6.07) is 5.00. The third-order valence-electron chi connectivity index (χ3n) is 1.41. The number of hydrogen-bond acceptors (Lipinski definition) is 3. The van der Waals surface area contributed by atoms with E-state index >= 15 is 0 Å². The Morgan fingerprint density at radius 3 is 2.85 bits per heavy atom. The molecule has 70 valence electrons. The first-order valence-electron chi connectivity index (χ1n) is 3.59. The van der Waals surface area contributed by atoms with Crippen LogP contribution in [-0.4, -0.2) is 17.6 Å². The van der Waals surface area contributed by atoms with Crippen molar-refractivity contribution in [2.45, 2.75) is 0 Å². The Bertz CT molecular complexity index is 328. The zero-order valence-corrected chi connectivity index (χ0v) is 8.34. The van der Waals surface area contributed by atoms with Crippen molar-refractivity contribution in [3.63, 3.8) is 0 Å². The van der Waals surface area contributed by atoms with Crippen LogP contribution < -0.4 is 11.1 Å². The number of anilines is 2. The Kier molecular flexibility index (Phi) is 3.27.